The van der Waals surface area contributed by atoms with Crippen LogP contribution in [0.2, 0.25) is 0 Å². The molecular formula is C10H21N3O. The van der Waals surface area contributed by atoms with Gasteiger partial charge in [-0.05, 0) is 38.6 Å². The molecule has 1 unspecified atom stereocenters. The minimum Gasteiger partial charge on any atom is -0.338 e. The van der Waals surface area contributed by atoms with Crippen LogP contribution >= 0.6 is 0 Å². The van der Waals surface area contributed by atoms with Crippen LogP contribution < -0.4 is 11.1 Å². The number of nitrogens with one attached hydrogen (secondary N) is 1. The number of hydrogen-bond donors (Lipinski definition) is 2. The van der Waals surface area contributed by atoms with Gasteiger partial charge in [0.2, 0.25) is 0 Å². The summed E-state index contributed by atoms with van der Waals surface area (Å²) in [4.78, 5) is 13.4. The van der Waals surface area contributed by atoms with E-state index in [2.05, 4.69) is 5.32 Å². The van der Waals surface area contributed by atoms with Crippen LogP contribution in [0.25, 0.3) is 0 Å². The van der Waals surface area contributed by atoms with E-state index in [9.17, 15) is 4.79 Å². The number of urea groups is 1. The summed E-state index contributed by atoms with van der Waals surface area (Å²) in [7, 11) is 0. The monoisotopic (exact) mass is 199 g/mol. The molecule has 4 heteroatoms. The van der Waals surface area contributed by atoms with E-state index >= 15 is 0 Å². The lowest BCUT2D eigenvalue weighted by Gasteiger charge is -2.32. The van der Waals surface area contributed by atoms with E-state index in [-0.39, 0.29) is 6.03 Å². The topological polar surface area (TPSA) is 58.4 Å². The minimum atomic E-state index is 0.0780. The summed E-state index contributed by atoms with van der Waals surface area (Å²) in [6, 6.07) is 0.0780. The van der Waals surface area contributed by atoms with Crippen molar-refractivity contribution in [2.75, 3.05) is 26.2 Å². The van der Waals surface area contributed by atoms with Crippen LogP contribution in [-0.2, 0) is 0 Å². The maximum atomic E-state index is 11.5. The normalized spacial score (nSPS) is 22.1. The molecule has 0 spiro atoms. The zero-order chi connectivity index (χ0) is 10.4. The third-order valence-corrected chi connectivity index (χ3v) is 2.71. The summed E-state index contributed by atoms with van der Waals surface area (Å²) in [5.41, 5.74) is 5.52. The molecule has 4 nitrogen and oxygen atoms in total. The van der Waals surface area contributed by atoms with Crippen molar-refractivity contribution >= 4 is 6.03 Å². The lowest BCUT2D eigenvalue weighted by Crippen LogP contribution is -2.45. The van der Waals surface area contributed by atoms with Crippen molar-refractivity contribution in [2.24, 2.45) is 11.7 Å². The summed E-state index contributed by atoms with van der Waals surface area (Å²) in [6.07, 6.45) is 3.37. The van der Waals surface area contributed by atoms with Gasteiger partial charge in [-0.3, -0.25) is 0 Å². The van der Waals surface area contributed by atoms with Crippen LogP contribution in [0.3, 0.4) is 0 Å². The van der Waals surface area contributed by atoms with Crippen LogP contribution in [0.5, 0.6) is 0 Å². The highest BCUT2D eigenvalue weighted by atomic mass is 16.2. The van der Waals surface area contributed by atoms with Gasteiger partial charge in [0.25, 0.3) is 0 Å². The van der Waals surface area contributed by atoms with Gasteiger partial charge in [0.1, 0.15) is 0 Å². The van der Waals surface area contributed by atoms with Gasteiger partial charge in [-0.25, -0.2) is 4.79 Å². The van der Waals surface area contributed by atoms with Crippen LogP contribution in [0.15, 0.2) is 0 Å². The van der Waals surface area contributed by atoms with Crippen molar-refractivity contribution < 1.29 is 4.79 Å². The Bertz CT molecular complexity index is 182. The quantitative estimate of drug-likeness (QED) is 0.705. The minimum absolute atomic E-state index is 0.0780. The molecule has 0 aromatic heterocycles. The second-order valence-corrected chi connectivity index (χ2v) is 3.87. The number of likely N-dealkylation sites (tertiary alicyclic amines) is 1. The Morgan fingerprint density at radius 2 is 2.43 bits per heavy atom. The molecule has 14 heavy (non-hydrogen) atoms. The summed E-state index contributed by atoms with van der Waals surface area (Å²) < 4.78 is 0. The molecule has 1 rings (SSSR count). The van der Waals surface area contributed by atoms with E-state index in [1.807, 2.05) is 11.8 Å². The molecule has 0 bridgehead atoms. The summed E-state index contributed by atoms with van der Waals surface area (Å²) in [6.45, 7) is 5.15. The Morgan fingerprint density at radius 1 is 1.64 bits per heavy atom. The molecule has 2 amide bonds. The van der Waals surface area contributed by atoms with Crippen LogP contribution in [0, 0.1) is 5.92 Å². The number of nitrogens with two attached hydrogens (primary N) is 1. The van der Waals surface area contributed by atoms with E-state index in [0.717, 1.165) is 32.5 Å². The highest BCUT2D eigenvalue weighted by Crippen LogP contribution is 2.18. The van der Waals surface area contributed by atoms with E-state index < -0.39 is 0 Å². The first-order valence-corrected chi connectivity index (χ1v) is 5.50. The van der Waals surface area contributed by atoms with Gasteiger partial charge in [-0.2, -0.15) is 0 Å². The summed E-state index contributed by atoms with van der Waals surface area (Å²) in [5.74, 6) is 0.608. The maximum absolute atomic E-state index is 11.5. The van der Waals surface area contributed by atoms with Gasteiger partial charge >= 0.3 is 6.03 Å². The number of amides is 2. The van der Waals surface area contributed by atoms with Crippen molar-refractivity contribution in [1.29, 1.82) is 0 Å². The number of hydrogen-bond acceptors (Lipinski definition) is 2. The second kappa shape index (κ2) is 5.86. The fraction of sp³-hybridized carbons (Fsp3) is 0.900. The first kappa shape index (κ1) is 11.3. The zero-order valence-electron chi connectivity index (χ0n) is 8.96. The molecule has 1 heterocycles. The summed E-state index contributed by atoms with van der Waals surface area (Å²) >= 11 is 0. The predicted octanol–water partition coefficient (Wildman–Crippen LogP) is 0.777. The maximum Gasteiger partial charge on any atom is 0.317 e. The van der Waals surface area contributed by atoms with Gasteiger partial charge in [-0.1, -0.05) is 0 Å². The zero-order valence-corrected chi connectivity index (χ0v) is 8.96. The van der Waals surface area contributed by atoms with Crippen molar-refractivity contribution in [3.8, 4) is 0 Å². The average Bonchev–Trinajstić information content (AvgIpc) is 2.19. The second-order valence-electron chi connectivity index (χ2n) is 3.87. The molecule has 3 N–H and O–H groups in total. The molecule has 0 aromatic carbocycles. The fourth-order valence-corrected chi connectivity index (χ4v) is 1.98. The van der Waals surface area contributed by atoms with E-state index in [1.165, 1.54) is 6.42 Å². The fourth-order valence-electron chi connectivity index (χ4n) is 1.98. The van der Waals surface area contributed by atoms with Crippen LogP contribution in [-0.4, -0.2) is 37.1 Å². The third-order valence-electron chi connectivity index (χ3n) is 2.71. The van der Waals surface area contributed by atoms with E-state index in [1.54, 1.807) is 0 Å². The number of piperidine rings is 1. The van der Waals surface area contributed by atoms with Crippen molar-refractivity contribution in [2.45, 2.75) is 26.2 Å². The predicted molar refractivity (Wildman–Crippen MR) is 57.0 cm³/mol. The number of carbonyl (C=O) groups excluding carboxylic acids is 1. The summed E-state index contributed by atoms with van der Waals surface area (Å²) in [5, 5.41) is 2.83. The van der Waals surface area contributed by atoms with Crippen molar-refractivity contribution in [1.82, 2.24) is 10.2 Å². The molecule has 1 fully saturated rings. The van der Waals surface area contributed by atoms with Gasteiger partial charge in [0.15, 0.2) is 0 Å². The number of nitrogens with zero attached hydrogens (tertiary/aromatic N) is 1. The van der Waals surface area contributed by atoms with Gasteiger partial charge in [0, 0.05) is 19.6 Å². The molecule has 1 aliphatic rings. The van der Waals surface area contributed by atoms with E-state index in [0.29, 0.717) is 12.5 Å². The van der Waals surface area contributed by atoms with Gasteiger partial charge < -0.3 is 16.0 Å². The largest absolute Gasteiger partial charge is 0.338 e. The average molecular weight is 199 g/mol. The van der Waals surface area contributed by atoms with Crippen molar-refractivity contribution in [3.05, 3.63) is 0 Å². The lowest BCUT2D eigenvalue weighted by atomic mass is 9.95. The Balaban J connectivity index is 2.35. The van der Waals surface area contributed by atoms with E-state index in [4.69, 9.17) is 5.73 Å². The molecule has 0 radical (unpaired) electrons. The standard InChI is InChI=1S/C10H21N3O/c1-2-12-10(14)13-7-3-4-9(8-13)5-6-11/h9H,2-8,11H2,1H3,(H,12,14). The molecule has 0 aromatic rings. The van der Waals surface area contributed by atoms with Crippen molar-refractivity contribution in [3.63, 3.8) is 0 Å². The Hall–Kier alpha value is -0.770. The highest BCUT2D eigenvalue weighted by Gasteiger charge is 2.22. The number of carbonyl (C=O) groups is 1. The molecule has 1 saturated heterocycles. The lowest BCUT2D eigenvalue weighted by molar-refractivity contribution is 0.163. The Labute approximate surface area is 85.8 Å². The van der Waals surface area contributed by atoms with Crippen LogP contribution in [0.4, 0.5) is 4.79 Å². The highest BCUT2D eigenvalue weighted by molar-refractivity contribution is 5.74. The number of rotatable bonds is 3. The molecule has 1 aliphatic heterocycles. The Morgan fingerprint density at radius 3 is 3.07 bits per heavy atom. The smallest absolute Gasteiger partial charge is 0.317 e. The van der Waals surface area contributed by atoms with Crippen LogP contribution in [0.1, 0.15) is 26.2 Å². The molecule has 0 saturated carbocycles. The molecular weight excluding hydrogens is 178 g/mol. The Kier molecular flexibility index (Phi) is 4.73. The van der Waals surface area contributed by atoms with Gasteiger partial charge in [0.05, 0.1) is 0 Å². The molecule has 0 aliphatic carbocycles. The first-order valence-electron chi connectivity index (χ1n) is 5.50. The first-order chi connectivity index (χ1) is 6.77. The van der Waals surface area contributed by atoms with Gasteiger partial charge in [-0.15, -0.1) is 0 Å². The molecule has 1 atom stereocenters. The SMILES string of the molecule is CCNC(=O)N1CCCC(CCN)C1. The molecule has 82 valence electrons. The third kappa shape index (κ3) is 3.18.